The van der Waals surface area contributed by atoms with Gasteiger partial charge in [0.25, 0.3) is 0 Å². The van der Waals surface area contributed by atoms with Gasteiger partial charge in [-0.05, 0) is 38.0 Å². The van der Waals surface area contributed by atoms with Crippen LogP contribution in [0.5, 0.6) is 0 Å². The lowest BCUT2D eigenvalue weighted by Gasteiger charge is -2.21. The van der Waals surface area contributed by atoms with Crippen molar-refractivity contribution in [2.45, 2.75) is 70.4 Å². The highest BCUT2D eigenvalue weighted by atomic mass is 14.9. The van der Waals surface area contributed by atoms with Crippen LogP contribution in [0, 0.1) is 5.92 Å². The second kappa shape index (κ2) is 5.69. The Hall–Kier alpha value is -0.300. The van der Waals surface area contributed by atoms with Crippen molar-refractivity contribution in [2.24, 2.45) is 5.92 Å². The van der Waals surface area contributed by atoms with Crippen molar-refractivity contribution in [2.75, 3.05) is 0 Å². The summed E-state index contributed by atoms with van der Waals surface area (Å²) in [7, 11) is 0. The Balaban J connectivity index is 1.73. The topological polar surface area (TPSA) is 12.0 Å². The largest absolute Gasteiger partial charge is 0.311 e. The predicted octanol–water partition coefficient (Wildman–Crippen LogP) is 3.65. The zero-order valence-electron chi connectivity index (χ0n) is 10.0. The monoisotopic (exact) mass is 207 g/mol. The molecule has 1 fully saturated rings. The zero-order chi connectivity index (χ0) is 10.5. The van der Waals surface area contributed by atoms with E-state index in [9.17, 15) is 0 Å². The van der Waals surface area contributed by atoms with E-state index in [4.69, 9.17) is 0 Å². The van der Waals surface area contributed by atoms with E-state index in [1.807, 2.05) is 0 Å². The summed E-state index contributed by atoms with van der Waals surface area (Å²) in [5.41, 5.74) is 0. The summed E-state index contributed by atoms with van der Waals surface area (Å²) >= 11 is 0. The average molecular weight is 207 g/mol. The molecule has 2 rings (SSSR count). The van der Waals surface area contributed by atoms with E-state index in [-0.39, 0.29) is 0 Å². The SMILES string of the molecule is CCC1CCCC(NC2CC=CC2)CC1. The van der Waals surface area contributed by atoms with E-state index < -0.39 is 0 Å². The number of nitrogens with one attached hydrogen (secondary N) is 1. The molecule has 2 aliphatic rings. The molecule has 1 N–H and O–H groups in total. The molecule has 0 radical (unpaired) electrons. The quantitative estimate of drug-likeness (QED) is 0.550. The highest BCUT2D eigenvalue weighted by Crippen LogP contribution is 2.26. The van der Waals surface area contributed by atoms with E-state index in [0.717, 1.165) is 18.0 Å². The summed E-state index contributed by atoms with van der Waals surface area (Å²) < 4.78 is 0. The van der Waals surface area contributed by atoms with Gasteiger partial charge in [-0.15, -0.1) is 0 Å². The maximum absolute atomic E-state index is 3.84. The molecule has 2 aliphatic carbocycles. The second-order valence-corrected chi connectivity index (χ2v) is 5.29. The first-order valence-electron chi connectivity index (χ1n) is 6.79. The second-order valence-electron chi connectivity index (χ2n) is 5.29. The van der Waals surface area contributed by atoms with Crippen molar-refractivity contribution in [3.05, 3.63) is 12.2 Å². The van der Waals surface area contributed by atoms with Gasteiger partial charge in [0.05, 0.1) is 0 Å². The molecule has 0 heterocycles. The molecular formula is C14H25N. The summed E-state index contributed by atoms with van der Waals surface area (Å²) in [6, 6.07) is 1.57. The van der Waals surface area contributed by atoms with Gasteiger partial charge in [-0.2, -0.15) is 0 Å². The third-order valence-corrected chi connectivity index (χ3v) is 4.14. The molecule has 0 amide bonds. The molecule has 1 heteroatoms. The zero-order valence-corrected chi connectivity index (χ0v) is 10.0. The molecular weight excluding hydrogens is 182 g/mol. The number of rotatable bonds is 3. The minimum Gasteiger partial charge on any atom is -0.311 e. The van der Waals surface area contributed by atoms with Crippen molar-refractivity contribution >= 4 is 0 Å². The van der Waals surface area contributed by atoms with E-state index in [0.29, 0.717) is 0 Å². The fourth-order valence-corrected chi connectivity index (χ4v) is 3.04. The molecule has 0 saturated heterocycles. The van der Waals surface area contributed by atoms with E-state index in [2.05, 4.69) is 24.4 Å². The Morgan fingerprint density at radius 1 is 1.00 bits per heavy atom. The number of hydrogen-bond acceptors (Lipinski definition) is 1. The molecule has 0 bridgehead atoms. The van der Waals surface area contributed by atoms with Crippen molar-refractivity contribution < 1.29 is 0 Å². The lowest BCUT2D eigenvalue weighted by atomic mass is 9.97. The third kappa shape index (κ3) is 3.34. The van der Waals surface area contributed by atoms with Crippen molar-refractivity contribution in [1.82, 2.24) is 5.32 Å². The predicted molar refractivity (Wildman–Crippen MR) is 66.0 cm³/mol. The minimum absolute atomic E-state index is 0.758. The smallest absolute Gasteiger partial charge is 0.0139 e. The van der Waals surface area contributed by atoms with Gasteiger partial charge in [-0.25, -0.2) is 0 Å². The summed E-state index contributed by atoms with van der Waals surface area (Å²) in [6.07, 6.45) is 15.7. The Bertz CT molecular complexity index is 201. The summed E-state index contributed by atoms with van der Waals surface area (Å²) in [5.74, 6) is 1.01. The first-order chi connectivity index (χ1) is 7.38. The van der Waals surface area contributed by atoms with Crippen LogP contribution in [0.1, 0.15) is 58.3 Å². The highest BCUT2D eigenvalue weighted by Gasteiger charge is 2.20. The summed E-state index contributed by atoms with van der Waals surface area (Å²) in [6.45, 7) is 2.35. The van der Waals surface area contributed by atoms with Gasteiger partial charge in [0.15, 0.2) is 0 Å². The lowest BCUT2D eigenvalue weighted by Crippen LogP contribution is -2.36. The molecule has 0 aromatic carbocycles. The van der Waals surface area contributed by atoms with Gasteiger partial charge in [0.2, 0.25) is 0 Å². The Kier molecular flexibility index (Phi) is 4.25. The van der Waals surface area contributed by atoms with Crippen LogP contribution in [-0.4, -0.2) is 12.1 Å². The first kappa shape index (κ1) is 11.2. The fraction of sp³-hybridized carbons (Fsp3) is 0.857. The fourth-order valence-electron chi connectivity index (χ4n) is 3.04. The molecule has 0 aromatic rings. The van der Waals surface area contributed by atoms with E-state index in [1.54, 1.807) is 0 Å². The highest BCUT2D eigenvalue weighted by molar-refractivity contribution is 4.98. The van der Waals surface area contributed by atoms with Crippen LogP contribution in [-0.2, 0) is 0 Å². The van der Waals surface area contributed by atoms with Gasteiger partial charge in [0, 0.05) is 12.1 Å². The maximum Gasteiger partial charge on any atom is 0.0139 e. The normalized spacial score (nSPS) is 33.1. The first-order valence-corrected chi connectivity index (χ1v) is 6.79. The average Bonchev–Trinajstić information content (AvgIpc) is 2.64. The summed E-state index contributed by atoms with van der Waals surface area (Å²) in [4.78, 5) is 0. The van der Waals surface area contributed by atoms with Crippen LogP contribution in [0.25, 0.3) is 0 Å². The van der Waals surface area contributed by atoms with Crippen LogP contribution >= 0.6 is 0 Å². The van der Waals surface area contributed by atoms with Crippen molar-refractivity contribution in [3.63, 3.8) is 0 Å². The molecule has 2 unspecified atom stereocenters. The van der Waals surface area contributed by atoms with Crippen LogP contribution in [0.4, 0.5) is 0 Å². The molecule has 86 valence electrons. The maximum atomic E-state index is 3.84. The Morgan fingerprint density at radius 3 is 2.53 bits per heavy atom. The molecule has 0 aliphatic heterocycles. The van der Waals surface area contributed by atoms with Gasteiger partial charge in [-0.3, -0.25) is 0 Å². The Morgan fingerprint density at radius 2 is 1.80 bits per heavy atom. The Labute approximate surface area is 94.3 Å². The van der Waals surface area contributed by atoms with Crippen LogP contribution in [0.15, 0.2) is 12.2 Å². The molecule has 0 aromatic heterocycles. The van der Waals surface area contributed by atoms with Gasteiger partial charge >= 0.3 is 0 Å². The van der Waals surface area contributed by atoms with Crippen molar-refractivity contribution in [3.8, 4) is 0 Å². The van der Waals surface area contributed by atoms with E-state index >= 15 is 0 Å². The van der Waals surface area contributed by atoms with Gasteiger partial charge in [-0.1, -0.05) is 38.3 Å². The molecule has 1 saturated carbocycles. The third-order valence-electron chi connectivity index (χ3n) is 4.14. The molecule has 2 atom stereocenters. The van der Waals surface area contributed by atoms with Crippen LogP contribution in [0.3, 0.4) is 0 Å². The molecule has 1 nitrogen and oxygen atoms in total. The van der Waals surface area contributed by atoms with Gasteiger partial charge < -0.3 is 5.32 Å². The molecule has 0 spiro atoms. The van der Waals surface area contributed by atoms with E-state index in [1.165, 1.54) is 51.4 Å². The van der Waals surface area contributed by atoms with Gasteiger partial charge in [0.1, 0.15) is 0 Å². The number of hydrogen-bond donors (Lipinski definition) is 1. The van der Waals surface area contributed by atoms with Crippen molar-refractivity contribution in [1.29, 1.82) is 0 Å². The van der Waals surface area contributed by atoms with Crippen LogP contribution in [0.2, 0.25) is 0 Å². The molecule has 15 heavy (non-hydrogen) atoms. The summed E-state index contributed by atoms with van der Waals surface area (Å²) in [5, 5.41) is 3.84. The minimum atomic E-state index is 0.758. The standard InChI is InChI=1S/C14H25N/c1-2-12-6-5-9-14(11-10-12)15-13-7-3-4-8-13/h3-4,12-15H,2,5-11H2,1H3. The lowest BCUT2D eigenvalue weighted by molar-refractivity contribution is 0.391. The van der Waals surface area contributed by atoms with Crippen LogP contribution < -0.4 is 5.32 Å².